The highest BCUT2D eigenvalue weighted by molar-refractivity contribution is 5.99. The quantitative estimate of drug-likeness (QED) is 0.564. The van der Waals surface area contributed by atoms with Crippen molar-refractivity contribution in [3.63, 3.8) is 0 Å². The first-order valence-electron chi connectivity index (χ1n) is 6.84. The van der Waals surface area contributed by atoms with E-state index in [1.165, 1.54) is 12.1 Å². The highest BCUT2D eigenvalue weighted by atomic mass is 16.4. The highest BCUT2D eigenvalue weighted by Gasteiger charge is 2.01. The minimum atomic E-state index is -0.939. The molecular formula is C18H14N2O2. The fraction of sp³-hybridized carbons (Fsp3) is 0. The fourth-order valence-electron chi connectivity index (χ4n) is 2.23. The van der Waals surface area contributed by atoms with Crippen LogP contribution in [0.3, 0.4) is 0 Å². The molecule has 0 aliphatic heterocycles. The Labute approximate surface area is 127 Å². The third kappa shape index (κ3) is 2.96. The summed E-state index contributed by atoms with van der Waals surface area (Å²) in [6.07, 6.45) is 1.76. The summed E-state index contributed by atoms with van der Waals surface area (Å²) in [5.74, 6) is -0.939. The molecule has 4 heteroatoms. The van der Waals surface area contributed by atoms with Gasteiger partial charge in [0.25, 0.3) is 0 Å². The van der Waals surface area contributed by atoms with Gasteiger partial charge in [0.2, 0.25) is 0 Å². The van der Waals surface area contributed by atoms with Crippen molar-refractivity contribution in [3.05, 3.63) is 77.9 Å². The van der Waals surface area contributed by atoms with Crippen molar-refractivity contribution in [2.45, 2.75) is 0 Å². The molecule has 0 aromatic heterocycles. The van der Waals surface area contributed by atoms with Crippen molar-refractivity contribution in [3.8, 4) is 0 Å². The Hall–Kier alpha value is -3.14. The number of benzene rings is 3. The third-order valence-corrected chi connectivity index (χ3v) is 3.35. The van der Waals surface area contributed by atoms with Crippen LogP contribution in [0.25, 0.3) is 10.8 Å². The van der Waals surface area contributed by atoms with Crippen LogP contribution in [0.2, 0.25) is 0 Å². The van der Waals surface area contributed by atoms with E-state index in [4.69, 9.17) is 5.11 Å². The van der Waals surface area contributed by atoms with E-state index >= 15 is 0 Å². The smallest absolute Gasteiger partial charge is 0.335 e. The molecule has 3 aromatic rings. The third-order valence-electron chi connectivity index (χ3n) is 3.35. The van der Waals surface area contributed by atoms with E-state index < -0.39 is 5.97 Å². The van der Waals surface area contributed by atoms with Gasteiger partial charge in [-0.15, -0.1) is 0 Å². The van der Waals surface area contributed by atoms with Gasteiger partial charge in [-0.1, -0.05) is 42.5 Å². The average molecular weight is 290 g/mol. The first-order valence-corrected chi connectivity index (χ1v) is 6.84. The molecule has 0 bridgehead atoms. The molecule has 4 nitrogen and oxygen atoms in total. The maximum Gasteiger partial charge on any atom is 0.335 e. The minimum absolute atomic E-state index is 0.253. The molecule has 0 radical (unpaired) electrons. The molecule has 0 aliphatic carbocycles. The van der Waals surface area contributed by atoms with Gasteiger partial charge in [-0.05, 0) is 35.0 Å². The van der Waals surface area contributed by atoms with Crippen LogP contribution in [0.15, 0.2) is 71.8 Å². The molecule has 0 saturated heterocycles. The van der Waals surface area contributed by atoms with Crippen molar-refractivity contribution in [1.82, 2.24) is 0 Å². The molecule has 2 N–H and O–H groups in total. The number of aromatic carboxylic acids is 1. The predicted molar refractivity (Wildman–Crippen MR) is 88.6 cm³/mol. The molecule has 0 fully saturated rings. The van der Waals surface area contributed by atoms with Gasteiger partial charge in [0.05, 0.1) is 17.5 Å². The van der Waals surface area contributed by atoms with Crippen molar-refractivity contribution in [2.24, 2.45) is 5.10 Å². The number of hydrogen-bond donors (Lipinski definition) is 2. The Kier molecular flexibility index (Phi) is 3.83. The molecule has 3 rings (SSSR count). The average Bonchev–Trinajstić information content (AvgIpc) is 2.55. The van der Waals surface area contributed by atoms with E-state index in [2.05, 4.69) is 28.7 Å². The number of anilines is 1. The molecule has 0 spiro atoms. The van der Waals surface area contributed by atoms with E-state index in [1.807, 2.05) is 24.3 Å². The van der Waals surface area contributed by atoms with E-state index in [0.717, 1.165) is 22.0 Å². The Morgan fingerprint density at radius 1 is 0.955 bits per heavy atom. The maximum atomic E-state index is 10.8. The fourth-order valence-corrected chi connectivity index (χ4v) is 2.23. The predicted octanol–water partition coefficient (Wildman–Crippen LogP) is 3.98. The summed E-state index contributed by atoms with van der Waals surface area (Å²) < 4.78 is 0. The summed E-state index contributed by atoms with van der Waals surface area (Å²) in [6.45, 7) is 0. The van der Waals surface area contributed by atoms with E-state index in [1.54, 1.807) is 18.3 Å². The van der Waals surface area contributed by atoms with Gasteiger partial charge in [0, 0.05) is 5.56 Å². The highest BCUT2D eigenvalue weighted by Crippen LogP contribution is 2.17. The topological polar surface area (TPSA) is 61.7 Å². The number of nitrogens with zero attached hydrogens (tertiary/aromatic N) is 1. The van der Waals surface area contributed by atoms with Crippen LogP contribution >= 0.6 is 0 Å². The molecule has 0 aliphatic rings. The van der Waals surface area contributed by atoms with Crippen molar-refractivity contribution >= 4 is 28.6 Å². The zero-order valence-corrected chi connectivity index (χ0v) is 11.7. The molecule has 0 unspecified atom stereocenters. The number of carboxylic acids is 1. The standard InChI is InChI=1S/C18H14N2O2/c21-18(22)14-8-10-16(11-9-14)20-19-12-15-6-3-5-13-4-1-2-7-17(13)15/h1-12,20H,(H,21,22)/b19-12-. The molecule has 0 saturated carbocycles. The van der Waals surface area contributed by atoms with Gasteiger partial charge in [0.15, 0.2) is 0 Å². The number of hydrazone groups is 1. The zero-order chi connectivity index (χ0) is 15.4. The van der Waals surface area contributed by atoms with Crippen LogP contribution in [0, 0.1) is 0 Å². The molecule has 22 heavy (non-hydrogen) atoms. The molecule has 3 aromatic carbocycles. The number of fused-ring (bicyclic) bond motifs is 1. The van der Waals surface area contributed by atoms with Gasteiger partial charge in [-0.3, -0.25) is 5.43 Å². The minimum Gasteiger partial charge on any atom is -0.478 e. The van der Waals surface area contributed by atoms with Crippen LogP contribution in [-0.2, 0) is 0 Å². The largest absolute Gasteiger partial charge is 0.478 e. The van der Waals surface area contributed by atoms with Gasteiger partial charge in [-0.2, -0.15) is 5.10 Å². The second-order valence-corrected chi connectivity index (χ2v) is 4.82. The second kappa shape index (κ2) is 6.10. The van der Waals surface area contributed by atoms with Crippen LogP contribution in [0.1, 0.15) is 15.9 Å². The van der Waals surface area contributed by atoms with Crippen LogP contribution in [-0.4, -0.2) is 17.3 Å². The van der Waals surface area contributed by atoms with Crippen LogP contribution in [0.4, 0.5) is 5.69 Å². The van der Waals surface area contributed by atoms with Crippen molar-refractivity contribution < 1.29 is 9.90 Å². The zero-order valence-electron chi connectivity index (χ0n) is 11.7. The number of nitrogens with one attached hydrogen (secondary N) is 1. The summed E-state index contributed by atoms with van der Waals surface area (Å²) in [7, 11) is 0. The molecule has 108 valence electrons. The Balaban J connectivity index is 1.77. The summed E-state index contributed by atoms with van der Waals surface area (Å²) >= 11 is 0. The van der Waals surface area contributed by atoms with Crippen LogP contribution in [0.5, 0.6) is 0 Å². The van der Waals surface area contributed by atoms with Gasteiger partial charge in [-0.25, -0.2) is 4.79 Å². The van der Waals surface area contributed by atoms with E-state index in [0.29, 0.717) is 0 Å². The lowest BCUT2D eigenvalue weighted by atomic mass is 10.1. The van der Waals surface area contributed by atoms with Gasteiger partial charge >= 0.3 is 5.97 Å². The number of rotatable bonds is 4. The van der Waals surface area contributed by atoms with Crippen molar-refractivity contribution in [2.75, 3.05) is 5.43 Å². The Morgan fingerprint density at radius 2 is 1.68 bits per heavy atom. The van der Waals surface area contributed by atoms with Crippen molar-refractivity contribution in [1.29, 1.82) is 0 Å². The maximum absolute atomic E-state index is 10.8. The molecule has 0 atom stereocenters. The Morgan fingerprint density at radius 3 is 2.45 bits per heavy atom. The molecule has 0 amide bonds. The Bertz CT molecular complexity index is 834. The van der Waals surface area contributed by atoms with Gasteiger partial charge in [0.1, 0.15) is 0 Å². The first kappa shape index (κ1) is 13.8. The monoisotopic (exact) mass is 290 g/mol. The number of hydrogen-bond acceptors (Lipinski definition) is 3. The van der Waals surface area contributed by atoms with Crippen LogP contribution < -0.4 is 5.43 Å². The first-order chi connectivity index (χ1) is 10.7. The lowest BCUT2D eigenvalue weighted by Crippen LogP contribution is -1.96. The summed E-state index contributed by atoms with van der Waals surface area (Å²) in [5.41, 5.74) is 4.91. The summed E-state index contributed by atoms with van der Waals surface area (Å²) in [6, 6.07) is 20.6. The summed E-state index contributed by atoms with van der Waals surface area (Å²) in [5, 5.41) is 15.4. The van der Waals surface area contributed by atoms with E-state index in [9.17, 15) is 4.79 Å². The lowest BCUT2D eigenvalue weighted by molar-refractivity contribution is 0.0697. The second-order valence-electron chi connectivity index (χ2n) is 4.82. The lowest BCUT2D eigenvalue weighted by Gasteiger charge is -2.03. The van der Waals surface area contributed by atoms with E-state index in [-0.39, 0.29) is 5.56 Å². The SMILES string of the molecule is O=C(O)c1ccc(N/N=C\c2cccc3ccccc23)cc1. The molecular weight excluding hydrogens is 276 g/mol. The number of carbonyl (C=O) groups is 1. The summed E-state index contributed by atoms with van der Waals surface area (Å²) in [4.78, 5) is 10.8. The normalized spacial score (nSPS) is 10.9. The number of carboxylic acid groups (broad SMARTS) is 1. The van der Waals surface area contributed by atoms with Gasteiger partial charge < -0.3 is 5.11 Å². The molecule has 0 heterocycles.